The maximum Gasteiger partial charge on any atom is 0.168 e. The van der Waals surface area contributed by atoms with Crippen LogP contribution in [-0.2, 0) is 9.84 Å². The maximum absolute atomic E-state index is 10.8. The highest BCUT2D eigenvalue weighted by atomic mass is 32.2. The van der Waals surface area contributed by atoms with Crippen LogP contribution >= 0.6 is 0 Å². The molecule has 1 rings (SSSR count). The first kappa shape index (κ1) is 9.99. The van der Waals surface area contributed by atoms with Crippen molar-refractivity contribution in [2.45, 2.75) is 6.92 Å². The first-order valence-corrected chi connectivity index (χ1v) is 5.88. The van der Waals surface area contributed by atoms with E-state index in [1.165, 1.54) is 11.7 Å². The van der Waals surface area contributed by atoms with Crippen LogP contribution in [-0.4, -0.2) is 14.7 Å². The first-order valence-electron chi connectivity index (χ1n) is 3.92. The number of hydrogen-bond donors (Lipinski definition) is 0. The van der Waals surface area contributed by atoms with Crippen molar-refractivity contribution in [3.63, 3.8) is 0 Å². The highest BCUT2D eigenvalue weighted by molar-refractivity contribution is 7.93. The van der Waals surface area contributed by atoms with Crippen LogP contribution in [0.5, 0.6) is 0 Å². The lowest BCUT2D eigenvalue weighted by Crippen LogP contribution is -1.87. The summed E-state index contributed by atoms with van der Waals surface area (Å²) in [7, 11) is -3.01. The van der Waals surface area contributed by atoms with Gasteiger partial charge in [0.15, 0.2) is 9.84 Å². The molecule has 1 aromatic rings. The van der Waals surface area contributed by atoms with E-state index in [0.717, 1.165) is 11.1 Å². The molecule has 0 N–H and O–H groups in total. The Labute approximate surface area is 78.8 Å². The molecule has 0 bridgehead atoms. The molecular weight excluding hydrogens is 184 g/mol. The molecule has 0 spiro atoms. The van der Waals surface area contributed by atoms with E-state index in [-0.39, 0.29) is 0 Å². The SMILES string of the molecule is Cc1ccc(/C=C/S(C)(=O)=O)cc1. The highest BCUT2D eigenvalue weighted by Crippen LogP contribution is 2.05. The van der Waals surface area contributed by atoms with Crippen molar-refractivity contribution >= 4 is 15.9 Å². The lowest BCUT2D eigenvalue weighted by Gasteiger charge is -1.93. The summed E-state index contributed by atoms with van der Waals surface area (Å²) in [5.74, 6) is 0. The second-order valence-corrected chi connectivity index (χ2v) is 4.97. The average Bonchev–Trinajstić information content (AvgIpc) is 2.02. The molecule has 70 valence electrons. The number of rotatable bonds is 2. The molecule has 0 fully saturated rings. The summed E-state index contributed by atoms with van der Waals surface area (Å²) >= 11 is 0. The van der Waals surface area contributed by atoms with Crippen LogP contribution in [0.3, 0.4) is 0 Å². The summed E-state index contributed by atoms with van der Waals surface area (Å²) in [5.41, 5.74) is 2.06. The van der Waals surface area contributed by atoms with E-state index in [1.54, 1.807) is 6.08 Å². The monoisotopic (exact) mass is 196 g/mol. The Hall–Kier alpha value is -1.09. The number of sulfone groups is 1. The topological polar surface area (TPSA) is 34.1 Å². The quantitative estimate of drug-likeness (QED) is 0.725. The van der Waals surface area contributed by atoms with Gasteiger partial charge in [-0.05, 0) is 18.6 Å². The molecule has 0 aliphatic rings. The van der Waals surface area contributed by atoms with Gasteiger partial charge < -0.3 is 0 Å². The zero-order chi connectivity index (χ0) is 9.90. The fraction of sp³-hybridized carbons (Fsp3) is 0.200. The second kappa shape index (κ2) is 3.75. The minimum atomic E-state index is -3.01. The maximum atomic E-state index is 10.8. The number of aryl methyl sites for hydroxylation is 1. The molecule has 2 nitrogen and oxygen atoms in total. The Morgan fingerprint density at radius 3 is 2.15 bits per heavy atom. The highest BCUT2D eigenvalue weighted by Gasteiger charge is 1.92. The molecule has 13 heavy (non-hydrogen) atoms. The minimum absolute atomic E-state index is 0.899. The Balaban J connectivity index is 2.88. The Bertz CT molecular complexity index is 399. The molecule has 0 radical (unpaired) electrons. The molecule has 0 unspecified atom stereocenters. The van der Waals surface area contributed by atoms with Gasteiger partial charge in [-0.3, -0.25) is 0 Å². The molecule has 0 saturated carbocycles. The Kier molecular flexibility index (Phi) is 2.88. The number of hydrogen-bond acceptors (Lipinski definition) is 2. The van der Waals surface area contributed by atoms with Gasteiger partial charge in [0.2, 0.25) is 0 Å². The summed E-state index contributed by atoms with van der Waals surface area (Å²) in [5, 5.41) is 1.21. The molecule has 0 aliphatic heterocycles. The number of benzene rings is 1. The van der Waals surface area contributed by atoms with Crippen LogP contribution in [0.4, 0.5) is 0 Å². The van der Waals surface area contributed by atoms with Crippen molar-refractivity contribution < 1.29 is 8.42 Å². The van der Waals surface area contributed by atoms with Gasteiger partial charge in [0.1, 0.15) is 0 Å². The van der Waals surface area contributed by atoms with Crippen LogP contribution in [0.1, 0.15) is 11.1 Å². The molecular formula is C10H12O2S. The molecule has 0 aliphatic carbocycles. The zero-order valence-electron chi connectivity index (χ0n) is 7.69. The molecule has 3 heteroatoms. The zero-order valence-corrected chi connectivity index (χ0v) is 8.51. The van der Waals surface area contributed by atoms with E-state index < -0.39 is 9.84 Å². The van der Waals surface area contributed by atoms with Crippen molar-refractivity contribution in [1.82, 2.24) is 0 Å². The van der Waals surface area contributed by atoms with Crippen molar-refractivity contribution in [2.24, 2.45) is 0 Å². The van der Waals surface area contributed by atoms with Crippen LogP contribution in [0, 0.1) is 6.92 Å². The third-order valence-electron chi connectivity index (χ3n) is 1.59. The smallest absolute Gasteiger partial charge is 0.168 e. The second-order valence-electron chi connectivity index (χ2n) is 3.04. The molecule has 0 atom stereocenters. The molecule has 0 amide bonds. The summed E-state index contributed by atoms with van der Waals surface area (Å²) in [6, 6.07) is 7.66. The van der Waals surface area contributed by atoms with E-state index in [1.807, 2.05) is 31.2 Å². The van der Waals surface area contributed by atoms with E-state index in [4.69, 9.17) is 0 Å². The van der Waals surface area contributed by atoms with E-state index >= 15 is 0 Å². The normalized spacial score (nSPS) is 12.2. The van der Waals surface area contributed by atoms with Gasteiger partial charge >= 0.3 is 0 Å². The summed E-state index contributed by atoms with van der Waals surface area (Å²) in [6.45, 7) is 1.99. The summed E-state index contributed by atoms with van der Waals surface area (Å²) < 4.78 is 21.6. The van der Waals surface area contributed by atoms with Crippen LogP contribution < -0.4 is 0 Å². The lowest BCUT2D eigenvalue weighted by atomic mass is 10.2. The van der Waals surface area contributed by atoms with Gasteiger partial charge in [0, 0.05) is 11.7 Å². The first-order chi connectivity index (χ1) is 5.97. The van der Waals surface area contributed by atoms with E-state index in [2.05, 4.69) is 0 Å². The van der Waals surface area contributed by atoms with E-state index in [0.29, 0.717) is 0 Å². The van der Waals surface area contributed by atoms with Gasteiger partial charge in [-0.15, -0.1) is 0 Å². The van der Waals surface area contributed by atoms with Crippen LogP contribution in [0.15, 0.2) is 29.7 Å². The summed E-state index contributed by atoms with van der Waals surface area (Å²) in [6.07, 6.45) is 2.77. The average molecular weight is 196 g/mol. The fourth-order valence-corrected chi connectivity index (χ4v) is 1.28. The lowest BCUT2D eigenvalue weighted by molar-refractivity contribution is 0.610. The summed E-state index contributed by atoms with van der Waals surface area (Å²) in [4.78, 5) is 0. The largest absolute Gasteiger partial charge is 0.225 e. The molecule has 0 saturated heterocycles. The van der Waals surface area contributed by atoms with Gasteiger partial charge in [-0.1, -0.05) is 29.8 Å². The van der Waals surface area contributed by atoms with Gasteiger partial charge in [0.25, 0.3) is 0 Å². The van der Waals surface area contributed by atoms with Crippen molar-refractivity contribution in [3.05, 3.63) is 40.8 Å². The standard InChI is InChI=1S/C10H12O2S/c1-9-3-5-10(6-4-9)7-8-13(2,11)12/h3-8H,1-2H3/b8-7+. The van der Waals surface area contributed by atoms with Crippen molar-refractivity contribution in [2.75, 3.05) is 6.26 Å². The molecule has 0 aromatic heterocycles. The van der Waals surface area contributed by atoms with Crippen molar-refractivity contribution in [3.8, 4) is 0 Å². The predicted molar refractivity (Wildman–Crippen MR) is 55.1 cm³/mol. The van der Waals surface area contributed by atoms with Gasteiger partial charge in [-0.2, -0.15) is 0 Å². The minimum Gasteiger partial charge on any atom is -0.225 e. The molecule has 0 heterocycles. The predicted octanol–water partition coefficient (Wildman–Crippen LogP) is 2.01. The third kappa shape index (κ3) is 3.90. The van der Waals surface area contributed by atoms with Gasteiger partial charge in [-0.25, -0.2) is 8.42 Å². The fourth-order valence-electron chi connectivity index (χ4n) is 0.880. The van der Waals surface area contributed by atoms with Crippen LogP contribution in [0.25, 0.3) is 6.08 Å². The van der Waals surface area contributed by atoms with E-state index in [9.17, 15) is 8.42 Å². The van der Waals surface area contributed by atoms with Crippen LogP contribution in [0.2, 0.25) is 0 Å². The third-order valence-corrected chi connectivity index (χ3v) is 2.22. The molecule has 1 aromatic carbocycles. The van der Waals surface area contributed by atoms with Gasteiger partial charge in [0.05, 0.1) is 0 Å². The Morgan fingerprint density at radius 2 is 1.69 bits per heavy atom. The Morgan fingerprint density at radius 1 is 1.15 bits per heavy atom. The van der Waals surface area contributed by atoms with Crippen molar-refractivity contribution in [1.29, 1.82) is 0 Å².